The number of hydrogen-bond donors (Lipinski definition) is 1. The van der Waals surface area contributed by atoms with Gasteiger partial charge in [-0.25, -0.2) is 17.6 Å². The topological polar surface area (TPSA) is 12.0 Å². The quantitative estimate of drug-likeness (QED) is 0.754. The van der Waals surface area contributed by atoms with E-state index in [-0.39, 0.29) is 0 Å². The minimum Gasteiger partial charge on any atom is -0.374 e. The van der Waals surface area contributed by atoms with Crippen molar-refractivity contribution in [2.45, 2.75) is 13.0 Å². The summed E-state index contributed by atoms with van der Waals surface area (Å²) in [4.78, 5) is 0. The first-order valence-corrected chi connectivity index (χ1v) is 6.54. The van der Waals surface area contributed by atoms with Gasteiger partial charge >= 0.3 is 0 Å². The van der Waals surface area contributed by atoms with Gasteiger partial charge in [0.15, 0.2) is 11.6 Å². The fourth-order valence-electron chi connectivity index (χ4n) is 1.83. The Morgan fingerprint density at radius 3 is 2.10 bits per heavy atom. The van der Waals surface area contributed by atoms with Crippen molar-refractivity contribution >= 4 is 21.6 Å². The molecule has 6 heteroatoms. The van der Waals surface area contributed by atoms with Crippen molar-refractivity contribution in [3.63, 3.8) is 0 Å². The maximum absolute atomic E-state index is 13.5. The lowest BCUT2D eigenvalue weighted by Gasteiger charge is -2.18. The van der Waals surface area contributed by atoms with E-state index in [0.717, 1.165) is 0 Å². The summed E-state index contributed by atoms with van der Waals surface area (Å²) < 4.78 is 53.4. The second-order valence-electron chi connectivity index (χ2n) is 4.28. The monoisotopic (exact) mass is 347 g/mol. The van der Waals surface area contributed by atoms with E-state index >= 15 is 0 Å². The molecule has 2 rings (SSSR count). The van der Waals surface area contributed by atoms with Crippen LogP contribution in [0.5, 0.6) is 0 Å². The molecule has 20 heavy (non-hydrogen) atoms. The highest BCUT2D eigenvalue weighted by Crippen LogP contribution is 2.29. The van der Waals surface area contributed by atoms with Crippen molar-refractivity contribution in [1.82, 2.24) is 0 Å². The molecule has 0 amide bonds. The van der Waals surface area contributed by atoms with Gasteiger partial charge in [0.05, 0.1) is 0 Å². The van der Waals surface area contributed by atoms with Crippen molar-refractivity contribution in [2.24, 2.45) is 0 Å². The minimum atomic E-state index is -1.02. The Kier molecular flexibility index (Phi) is 4.32. The smallest absolute Gasteiger partial charge is 0.152 e. The highest BCUT2D eigenvalue weighted by Gasteiger charge is 2.16. The predicted octanol–water partition coefficient (Wildman–Crippen LogP) is 5.18. The molecule has 1 unspecified atom stereocenters. The Balaban J connectivity index is 2.30. The van der Waals surface area contributed by atoms with Crippen molar-refractivity contribution in [2.75, 3.05) is 5.32 Å². The van der Waals surface area contributed by atoms with E-state index in [9.17, 15) is 17.6 Å². The highest BCUT2D eigenvalue weighted by molar-refractivity contribution is 9.10. The molecule has 0 bridgehead atoms. The summed E-state index contributed by atoms with van der Waals surface area (Å²) in [7, 11) is 0. The zero-order valence-corrected chi connectivity index (χ0v) is 11.9. The molecule has 0 aliphatic rings. The van der Waals surface area contributed by atoms with E-state index in [4.69, 9.17) is 0 Å². The molecule has 1 N–H and O–H groups in total. The van der Waals surface area contributed by atoms with E-state index in [1.165, 1.54) is 18.2 Å². The fourth-order valence-corrected chi connectivity index (χ4v) is 2.52. The standard InChI is InChI=1S/C14H10BrF4N/c1-7(10-3-2-8(16)4-11(10)15)20-14-12(18)5-9(17)6-13(14)19/h2-7,20H,1H3. The Bertz CT molecular complexity index is 622. The Labute approximate surface area is 121 Å². The normalized spacial score (nSPS) is 12.3. The number of anilines is 1. The van der Waals surface area contributed by atoms with Gasteiger partial charge in [0.2, 0.25) is 0 Å². The average molecular weight is 348 g/mol. The van der Waals surface area contributed by atoms with Crippen LogP contribution in [-0.2, 0) is 0 Å². The minimum absolute atomic E-state index is 0.421. The predicted molar refractivity (Wildman–Crippen MR) is 72.5 cm³/mol. The number of benzene rings is 2. The third-order valence-electron chi connectivity index (χ3n) is 2.80. The van der Waals surface area contributed by atoms with Crippen LogP contribution in [0.2, 0.25) is 0 Å². The molecule has 0 radical (unpaired) electrons. The Morgan fingerprint density at radius 2 is 1.55 bits per heavy atom. The fraction of sp³-hybridized carbons (Fsp3) is 0.143. The lowest BCUT2D eigenvalue weighted by atomic mass is 10.1. The third-order valence-corrected chi connectivity index (χ3v) is 3.48. The molecule has 106 valence electrons. The van der Waals surface area contributed by atoms with E-state index < -0.39 is 35.0 Å². The first-order valence-electron chi connectivity index (χ1n) is 5.74. The zero-order chi connectivity index (χ0) is 14.9. The molecule has 0 spiro atoms. The van der Waals surface area contributed by atoms with Crippen LogP contribution in [0.4, 0.5) is 23.2 Å². The molecule has 0 saturated carbocycles. The number of nitrogens with one attached hydrogen (secondary N) is 1. The molecule has 0 aliphatic heterocycles. The van der Waals surface area contributed by atoms with Gasteiger partial charge in [0.25, 0.3) is 0 Å². The van der Waals surface area contributed by atoms with E-state index in [2.05, 4.69) is 21.2 Å². The van der Waals surface area contributed by atoms with Gasteiger partial charge in [-0.1, -0.05) is 22.0 Å². The summed E-state index contributed by atoms with van der Waals surface area (Å²) in [5, 5.41) is 2.61. The lowest BCUT2D eigenvalue weighted by molar-refractivity contribution is 0.545. The van der Waals surface area contributed by atoms with Gasteiger partial charge in [0.1, 0.15) is 17.3 Å². The van der Waals surface area contributed by atoms with E-state index in [1.54, 1.807) is 6.92 Å². The summed E-state index contributed by atoms with van der Waals surface area (Å²) in [6, 6.07) is 4.69. The van der Waals surface area contributed by atoms with Crippen LogP contribution in [0.15, 0.2) is 34.8 Å². The molecule has 0 aromatic heterocycles. The molecule has 0 heterocycles. The number of rotatable bonds is 3. The van der Waals surface area contributed by atoms with Gasteiger partial charge in [-0.2, -0.15) is 0 Å². The van der Waals surface area contributed by atoms with Crippen LogP contribution in [0.3, 0.4) is 0 Å². The SMILES string of the molecule is CC(Nc1c(F)cc(F)cc1F)c1ccc(F)cc1Br. The van der Waals surface area contributed by atoms with Gasteiger partial charge in [-0.15, -0.1) is 0 Å². The molecule has 2 aromatic carbocycles. The molecule has 1 atom stereocenters. The Hall–Kier alpha value is -1.56. The first kappa shape index (κ1) is 14.8. The highest BCUT2D eigenvalue weighted by atomic mass is 79.9. The molecule has 0 saturated heterocycles. The molecule has 0 fully saturated rings. The number of halogens is 5. The van der Waals surface area contributed by atoms with Crippen molar-refractivity contribution in [1.29, 1.82) is 0 Å². The van der Waals surface area contributed by atoms with Crippen LogP contribution >= 0.6 is 15.9 Å². The van der Waals surface area contributed by atoms with Crippen LogP contribution in [0.25, 0.3) is 0 Å². The van der Waals surface area contributed by atoms with Gasteiger partial charge in [-0.3, -0.25) is 0 Å². The summed E-state index contributed by atoms with van der Waals surface area (Å²) in [6.07, 6.45) is 0. The summed E-state index contributed by atoms with van der Waals surface area (Å²) >= 11 is 3.18. The number of hydrogen-bond acceptors (Lipinski definition) is 1. The molecule has 1 nitrogen and oxygen atoms in total. The maximum Gasteiger partial charge on any atom is 0.152 e. The maximum atomic E-state index is 13.5. The van der Waals surface area contributed by atoms with Crippen LogP contribution in [-0.4, -0.2) is 0 Å². The second-order valence-corrected chi connectivity index (χ2v) is 5.13. The van der Waals surface area contributed by atoms with Gasteiger partial charge in [0, 0.05) is 22.6 Å². The summed E-state index contributed by atoms with van der Waals surface area (Å²) in [5.41, 5.74) is 0.199. The van der Waals surface area contributed by atoms with Crippen molar-refractivity contribution < 1.29 is 17.6 Å². The molecule has 2 aromatic rings. The molecular weight excluding hydrogens is 338 g/mol. The lowest BCUT2D eigenvalue weighted by Crippen LogP contribution is -2.10. The van der Waals surface area contributed by atoms with Crippen LogP contribution in [0.1, 0.15) is 18.5 Å². The van der Waals surface area contributed by atoms with E-state index in [0.29, 0.717) is 22.2 Å². The summed E-state index contributed by atoms with van der Waals surface area (Å²) in [6.45, 7) is 1.65. The van der Waals surface area contributed by atoms with Crippen molar-refractivity contribution in [3.8, 4) is 0 Å². The van der Waals surface area contributed by atoms with Gasteiger partial charge < -0.3 is 5.32 Å². The first-order chi connectivity index (χ1) is 9.38. The van der Waals surface area contributed by atoms with Gasteiger partial charge in [-0.05, 0) is 24.6 Å². The summed E-state index contributed by atoms with van der Waals surface area (Å²) in [5.74, 6) is -3.45. The Morgan fingerprint density at radius 1 is 0.950 bits per heavy atom. The van der Waals surface area contributed by atoms with Crippen molar-refractivity contribution in [3.05, 3.63) is 63.6 Å². The van der Waals surface area contributed by atoms with E-state index in [1.807, 2.05) is 0 Å². The third kappa shape index (κ3) is 3.12. The molecule has 0 aliphatic carbocycles. The average Bonchev–Trinajstić information content (AvgIpc) is 2.33. The molecular formula is C14H10BrF4N. The largest absolute Gasteiger partial charge is 0.374 e. The van der Waals surface area contributed by atoms with Crippen LogP contribution in [0, 0.1) is 23.3 Å². The second kappa shape index (κ2) is 5.83. The van der Waals surface area contributed by atoms with Crippen LogP contribution < -0.4 is 5.32 Å². The zero-order valence-electron chi connectivity index (χ0n) is 10.4.